The van der Waals surface area contributed by atoms with Crippen LogP contribution in [0.1, 0.15) is 11.3 Å². The van der Waals surface area contributed by atoms with Crippen molar-refractivity contribution in [2.75, 3.05) is 10.3 Å². The molecule has 1 unspecified atom stereocenters. The summed E-state index contributed by atoms with van der Waals surface area (Å²) >= 11 is 1.27. The maximum absolute atomic E-state index is 13.2. The minimum absolute atomic E-state index is 0.00766. The smallest absolute Gasteiger partial charge is 0.273 e. The van der Waals surface area contributed by atoms with E-state index < -0.39 is 23.7 Å². The molecule has 0 fully saturated rings. The number of thiazole rings is 1. The Labute approximate surface area is 180 Å². The van der Waals surface area contributed by atoms with Gasteiger partial charge in [0.2, 0.25) is 5.91 Å². The number of halogens is 2. The van der Waals surface area contributed by atoms with Gasteiger partial charge in [-0.15, -0.1) is 11.3 Å². The Hall–Kier alpha value is -3.66. The van der Waals surface area contributed by atoms with Crippen LogP contribution in [0.5, 0.6) is 0 Å². The van der Waals surface area contributed by atoms with Crippen molar-refractivity contribution >= 4 is 39.7 Å². The van der Waals surface area contributed by atoms with E-state index in [9.17, 15) is 18.4 Å². The van der Waals surface area contributed by atoms with Crippen molar-refractivity contribution in [2.24, 2.45) is 10.8 Å². The zero-order valence-electron chi connectivity index (χ0n) is 16.3. The molecule has 3 N–H and O–H groups in total. The summed E-state index contributed by atoms with van der Waals surface area (Å²) in [5.41, 5.74) is 7.38. The number of nitrogens with two attached hydrogens (primary N) is 1. The first-order valence-corrected chi connectivity index (χ1v) is 10.1. The lowest BCUT2D eigenvalue weighted by Gasteiger charge is -2.20. The van der Waals surface area contributed by atoms with Gasteiger partial charge in [0.15, 0.2) is 5.13 Å². The normalized spacial score (nSPS) is 15.6. The molecule has 1 aromatic heterocycles. The van der Waals surface area contributed by atoms with Gasteiger partial charge in [-0.2, -0.15) is 5.10 Å². The molecule has 158 valence electrons. The number of aryl methyl sites for hydroxylation is 1. The van der Waals surface area contributed by atoms with Crippen LogP contribution in [0.4, 0.5) is 19.6 Å². The topological polar surface area (TPSA) is 101 Å². The van der Waals surface area contributed by atoms with Crippen molar-refractivity contribution in [3.63, 3.8) is 0 Å². The molecule has 2 heterocycles. The zero-order chi connectivity index (χ0) is 22.1. The van der Waals surface area contributed by atoms with Gasteiger partial charge in [-0.05, 0) is 55.5 Å². The summed E-state index contributed by atoms with van der Waals surface area (Å²) < 4.78 is 26.4. The largest absolute Gasteiger partial charge is 0.368 e. The predicted octanol–water partition coefficient (Wildman–Crippen LogP) is 3.46. The molecule has 0 spiro atoms. The third-order valence-electron chi connectivity index (χ3n) is 4.73. The van der Waals surface area contributed by atoms with Crippen LogP contribution in [0.2, 0.25) is 0 Å². The Balaban J connectivity index is 1.55. The van der Waals surface area contributed by atoms with Gasteiger partial charge in [-0.25, -0.2) is 13.8 Å². The van der Waals surface area contributed by atoms with E-state index in [-0.39, 0.29) is 17.9 Å². The summed E-state index contributed by atoms with van der Waals surface area (Å²) in [4.78, 5) is 29.9. The van der Waals surface area contributed by atoms with Gasteiger partial charge in [0.05, 0.1) is 11.4 Å². The van der Waals surface area contributed by atoms with Crippen LogP contribution < -0.4 is 16.1 Å². The number of hydrogen-bond donors (Lipinski definition) is 2. The Morgan fingerprint density at radius 3 is 2.32 bits per heavy atom. The number of amides is 2. The van der Waals surface area contributed by atoms with Crippen LogP contribution >= 0.6 is 11.3 Å². The van der Waals surface area contributed by atoms with Crippen molar-refractivity contribution in [1.82, 2.24) is 4.98 Å². The second kappa shape index (κ2) is 8.23. The van der Waals surface area contributed by atoms with Crippen molar-refractivity contribution in [2.45, 2.75) is 19.4 Å². The van der Waals surface area contributed by atoms with E-state index in [1.54, 1.807) is 12.1 Å². The second-order valence-electron chi connectivity index (χ2n) is 6.87. The van der Waals surface area contributed by atoms with Crippen LogP contribution in [0.15, 0.2) is 53.6 Å². The quantitative estimate of drug-likeness (QED) is 0.633. The lowest BCUT2D eigenvalue weighted by atomic mass is 10.1. The fraction of sp³-hybridized carbons (Fsp3) is 0.143. The van der Waals surface area contributed by atoms with Gasteiger partial charge in [-0.1, -0.05) is 0 Å². The van der Waals surface area contributed by atoms with E-state index >= 15 is 0 Å². The molecule has 4 rings (SSSR count). The molecule has 1 aliphatic heterocycles. The number of rotatable bonds is 5. The summed E-state index contributed by atoms with van der Waals surface area (Å²) in [6, 6.07) is 10.4. The first kappa shape index (κ1) is 20.6. The molecule has 0 radical (unpaired) electrons. The Morgan fingerprint density at radius 1 is 1.10 bits per heavy atom. The molecule has 2 amide bonds. The molecular weight excluding hydrogens is 424 g/mol. The molecule has 1 atom stereocenters. The summed E-state index contributed by atoms with van der Waals surface area (Å²) in [6.07, 6.45) is 0.00766. The molecule has 0 saturated carbocycles. The van der Waals surface area contributed by atoms with Gasteiger partial charge < -0.3 is 5.73 Å². The third kappa shape index (κ3) is 4.29. The average molecular weight is 441 g/mol. The summed E-state index contributed by atoms with van der Waals surface area (Å²) in [6.45, 7) is 1.85. The maximum atomic E-state index is 13.2. The highest BCUT2D eigenvalue weighted by atomic mass is 32.1. The number of nitrogens with one attached hydrogen (secondary N) is 1. The predicted molar refractivity (Wildman–Crippen MR) is 115 cm³/mol. The summed E-state index contributed by atoms with van der Waals surface area (Å²) in [5, 5.41) is 8.59. The third-order valence-corrected chi connectivity index (χ3v) is 5.61. The molecule has 31 heavy (non-hydrogen) atoms. The lowest BCUT2D eigenvalue weighted by molar-refractivity contribution is -0.119. The molecule has 3 aromatic rings. The Morgan fingerprint density at radius 2 is 1.71 bits per heavy atom. The maximum Gasteiger partial charge on any atom is 0.273 e. The number of aromatic nitrogens is 1. The van der Waals surface area contributed by atoms with Crippen LogP contribution in [0.25, 0.3) is 11.3 Å². The molecule has 1 aliphatic rings. The van der Waals surface area contributed by atoms with E-state index in [0.29, 0.717) is 16.5 Å². The SMILES string of the molecule is Cc1sc(NC(=O)C2=NN(c3ccc(F)cc3)C(C(N)=O)C2)nc1-c1ccc(F)cc1. The van der Waals surface area contributed by atoms with Crippen LogP contribution in [0, 0.1) is 18.6 Å². The minimum atomic E-state index is -0.862. The number of carbonyl (C=O) groups excluding carboxylic acids is 2. The monoisotopic (exact) mass is 441 g/mol. The van der Waals surface area contributed by atoms with Gasteiger partial charge in [-0.3, -0.25) is 19.9 Å². The fourth-order valence-electron chi connectivity index (χ4n) is 3.20. The standard InChI is InChI=1S/C21H17F2N5O2S/c1-11-18(12-2-4-13(22)5-3-12)25-21(31-11)26-20(30)16-10-17(19(24)29)28(27-16)15-8-6-14(23)7-9-15/h2-9,17H,10H2,1H3,(H2,24,29)(H,25,26,30). The van der Waals surface area contributed by atoms with E-state index in [0.717, 1.165) is 10.4 Å². The van der Waals surface area contributed by atoms with E-state index in [1.807, 2.05) is 6.92 Å². The molecule has 10 heteroatoms. The second-order valence-corrected chi connectivity index (χ2v) is 8.08. The number of hydrogen-bond acceptors (Lipinski definition) is 6. The molecule has 2 aromatic carbocycles. The first-order valence-electron chi connectivity index (χ1n) is 9.28. The molecule has 0 bridgehead atoms. The molecular formula is C21H17F2N5O2S. The van der Waals surface area contributed by atoms with E-state index in [4.69, 9.17) is 5.73 Å². The van der Waals surface area contributed by atoms with Crippen molar-refractivity contribution in [3.8, 4) is 11.3 Å². The number of anilines is 2. The summed E-state index contributed by atoms with van der Waals surface area (Å²) in [5.74, 6) is -1.95. The van der Waals surface area contributed by atoms with E-state index in [1.165, 1.54) is 52.7 Å². The number of nitrogens with zero attached hydrogens (tertiary/aromatic N) is 3. The highest BCUT2D eigenvalue weighted by Gasteiger charge is 2.35. The first-order chi connectivity index (χ1) is 14.8. The van der Waals surface area contributed by atoms with Crippen LogP contribution in [-0.4, -0.2) is 28.6 Å². The highest BCUT2D eigenvalue weighted by Crippen LogP contribution is 2.31. The highest BCUT2D eigenvalue weighted by molar-refractivity contribution is 7.16. The zero-order valence-corrected chi connectivity index (χ0v) is 17.1. The lowest BCUT2D eigenvalue weighted by Crippen LogP contribution is -2.39. The number of benzene rings is 2. The van der Waals surface area contributed by atoms with Crippen LogP contribution in [-0.2, 0) is 9.59 Å². The molecule has 0 saturated heterocycles. The van der Waals surface area contributed by atoms with E-state index in [2.05, 4.69) is 15.4 Å². The number of hydrazone groups is 1. The Kier molecular flexibility index (Phi) is 5.47. The van der Waals surface area contributed by atoms with Crippen molar-refractivity contribution in [1.29, 1.82) is 0 Å². The number of primary amides is 1. The van der Waals surface area contributed by atoms with Crippen molar-refractivity contribution < 1.29 is 18.4 Å². The molecule has 0 aliphatic carbocycles. The fourth-order valence-corrected chi connectivity index (χ4v) is 4.03. The van der Waals surface area contributed by atoms with Gasteiger partial charge in [0, 0.05) is 16.9 Å². The molecule has 7 nitrogen and oxygen atoms in total. The van der Waals surface area contributed by atoms with Gasteiger partial charge in [0.1, 0.15) is 23.4 Å². The number of carbonyl (C=O) groups is 2. The van der Waals surface area contributed by atoms with Gasteiger partial charge in [0.25, 0.3) is 5.91 Å². The minimum Gasteiger partial charge on any atom is -0.368 e. The summed E-state index contributed by atoms with van der Waals surface area (Å²) in [7, 11) is 0. The van der Waals surface area contributed by atoms with Crippen molar-refractivity contribution in [3.05, 3.63) is 65.0 Å². The average Bonchev–Trinajstić information content (AvgIpc) is 3.33. The van der Waals surface area contributed by atoms with Crippen LogP contribution in [0.3, 0.4) is 0 Å². The van der Waals surface area contributed by atoms with Gasteiger partial charge >= 0.3 is 0 Å². The Bertz CT molecular complexity index is 1180.